The Balaban J connectivity index is 1.99. The van der Waals surface area contributed by atoms with Crippen LogP contribution in [0.25, 0.3) is 0 Å². The third-order valence-electron chi connectivity index (χ3n) is 2.98. The van der Waals surface area contributed by atoms with Gasteiger partial charge in [-0.25, -0.2) is 4.79 Å². The smallest absolute Gasteiger partial charge is 0.338 e. The number of ether oxygens (including phenoxy) is 1. The SMILES string of the molecule is CCCCOC(=O)c1ccc(C#Cc2ccccc2)cc1. The molecule has 2 rings (SSSR count). The fourth-order valence-corrected chi connectivity index (χ4v) is 1.75. The van der Waals surface area contributed by atoms with E-state index in [0.29, 0.717) is 12.2 Å². The predicted molar refractivity (Wildman–Crippen MR) is 84.1 cm³/mol. The van der Waals surface area contributed by atoms with E-state index in [1.807, 2.05) is 42.5 Å². The first-order valence-electron chi connectivity index (χ1n) is 7.14. The first-order chi connectivity index (χ1) is 10.3. The van der Waals surface area contributed by atoms with Crippen LogP contribution < -0.4 is 0 Å². The number of unbranched alkanes of at least 4 members (excludes halogenated alkanes) is 1. The third kappa shape index (κ3) is 4.81. The van der Waals surface area contributed by atoms with Crippen LogP contribution in [0.15, 0.2) is 54.6 Å². The zero-order valence-electron chi connectivity index (χ0n) is 12.1. The Bertz CT molecular complexity index is 631. The van der Waals surface area contributed by atoms with Crippen molar-refractivity contribution in [3.8, 4) is 11.8 Å². The van der Waals surface area contributed by atoms with Crippen molar-refractivity contribution in [2.45, 2.75) is 19.8 Å². The summed E-state index contributed by atoms with van der Waals surface area (Å²) < 4.78 is 5.16. The van der Waals surface area contributed by atoms with Crippen molar-refractivity contribution in [1.29, 1.82) is 0 Å². The summed E-state index contributed by atoms with van der Waals surface area (Å²) in [6.07, 6.45) is 1.91. The van der Waals surface area contributed by atoms with Gasteiger partial charge in [0.15, 0.2) is 0 Å². The number of carbonyl (C=O) groups is 1. The molecule has 2 aromatic rings. The first kappa shape index (κ1) is 14.9. The first-order valence-corrected chi connectivity index (χ1v) is 7.14. The molecule has 2 nitrogen and oxygen atoms in total. The molecule has 0 amide bonds. The molecule has 0 aromatic heterocycles. The van der Waals surface area contributed by atoms with Gasteiger partial charge in [-0.15, -0.1) is 0 Å². The summed E-state index contributed by atoms with van der Waals surface area (Å²) in [4.78, 5) is 11.8. The van der Waals surface area contributed by atoms with Crippen LogP contribution >= 0.6 is 0 Å². The molecule has 0 N–H and O–H groups in total. The molecule has 0 atom stereocenters. The lowest BCUT2D eigenvalue weighted by Gasteiger charge is -2.03. The standard InChI is InChI=1S/C19H18O2/c1-2-3-15-21-19(20)18-13-11-17(12-14-18)10-9-16-7-5-4-6-8-16/h4-8,11-14H,2-3,15H2,1H3. The van der Waals surface area contributed by atoms with Crippen molar-refractivity contribution < 1.29 is 9.53 Å². The molecule has 0 aliphatic rings. The lowest BCUT2D eigenvalue weighted by molar-refractivity contribution is 0.0500. The van der Waals surface area contributed by atoms with E-state index in [1.54, 1.807) is 12.1 Å². The molecule has 0 spiro atoms. The molecular formula is C19H18O2. The minimum absolute atomic E-state index is 0.272. The van der Waals surface area contributed by atoms with Crippen molar-refractivity contribution in [3.05, 3.63) is 71.3 Å². The number of benzene rings is 2. The van der Waals surface area contributed by atoms with Gasteiger partial charge < -0.3 is 4.74 Å². The van der Waals surface area contributed by atoms with Crippen LogP contribution in [0.2, 0.25) is 0 Å². The molecular weight excluding hydrogens is 260 g/mol. The average Bonchev–Trinajstić information content (AvgIpc) is 2.54. The summed E-state index contributed by atoms with van der Waals surface area (Å²) in [5, 5.41) is 0. The molecule has 2 heteroatoms. The minimum atomic E-state index is -0.272. The van der Waals surface area contributed by atoms with Crippen LogP contribution in [0.1, 0.15) is 41.3 Å². The van der Waals surface area contributed by atoms with Gasteiger partial charge in [-0.2, -0.15) is 0 Å². The molecule has 0 aliphatic carbocycles. The van der Waals surface area contributed by atoms with E-state index in [9.17, 15) is 4.79 Å². The van der Waals surface area contributed by atoms with Gasteiger partial charge in [-0.1, -0.05) is 43.4 Å². The third-order valence-corrected chi connectivity index (χ3v) is 2.98. The highest BCUT2D eigenvalue weighted by molar-refractivity contribution is 5.89. The van der Waals surface area contributed by atoms with Crippen molar-refractivity contribution >= 4 is 5.97 Å². The Hall–Kier alpha value is -2.53. The van der Waals surface area contributed by atoms with Gasteiger partial charge in [-0.3, -0.25) is 0 Å². The van der Waals surface area contributed by atoms with E-state index in [4.69, 9.17) is 4.74 Å². The molecule has 0 saturated carbocycles. The molecule has 0 aliphatic heterocycles. The van der Waals surface area contributed by atoms with E-state index < -0.39 is 0 Å². The molecule has 0 unspecified atom stereocenters. The van der Waals surface area contributed by atoms with E-state index in [0.717, 1.165) is 24.0 Å². The Morgan fingerprint density at radius 2 is 1.57 bits per heavy atom. The lowest BCUT2D eigenvalue weighted by Crippen LogP contribution is -2.06. The highest BCUT2D eigenvalue weighted by atomic mass is 16.5. The summed E-state index contributed by atoms with van der Waals surface area (Å²) in [7, 11) is 0. The summed E-state index contributed by atoms with van der Waals surface area (Å²) in [5.41, 5.74) is 2.42. The fraction of sp³-hybridized carbons (Fsp3) is 0.211. The Kier molecular flexibility index (Phi) is 5.60. The van der Waals surface area contributed by atoms with Gasteiger partial charge in [0, 0.05) is 11.1 Å². The molecule has 2 aromatic carbocycles. The average molecular weight is 278 g/mol. The molecule has 0 saturated heterocycles. The van der Waals surface area contributed by atoms with Crippen molar-refractivity contribution in [2.24, 2.45) is 0 Å². The van der Waals surface area contributed by atoms with Gasteiger partial charge in [-0.05, 0) is 42.8 Å². The summed E-state index contributed by atoms with van der Waals surface area (Å²) >= 11 is 0. The molecule has 0 fully saturated rings. The maximum atomic E-state index is 11.8. The van der Waals surface area contributed by atoms with Gasteiger partial charge in [0.25, 0.3) is 0 Å². The van der Waals surface area contributed by atoms with Crippen LogP contribution in [0, 0.1) is 11.8 Å². The number of esters is 1. The fourth-order valence-electron chi connectivity index (χ4n) is 1.75. The molecule has 0 heterocycles. The van der Waals surface area contributed by atoms with Crippen LogP contribution in [-0.4, -0.2) is 12.6 Å². The second kappa shape index (κ2) is 7.91. The Morgan fingerprint density at radius 1 is 0.952 bits per heavy atom. The zero-order chi connectivity index (χ0) is 14.9. The molecule has 106 valence electrons. The highest BCUT2D eigenvalue weighted by Gasteiger charge is 2.05. The van der Waals surface area contributed by atoms with E-state index in [2.05, 4.69) is 18.8 Å². The van der Waals surface area contributed by atoms with Gasteiger partial charge in [0.05, 0.1) is 12.2 Å². The van der Waals surface area contributed by atoms with Crippen LogP contribution in [-0.2, 0) is 4.74 Å². The largest absolute Gasteiger partial charge is 0.462 e. The predicted octanol–water partition coefficient (Wildman–Crippen LogP) is 4.04. The summed E-state index contributed by atoms with van der Waals surface area (Å²) in [6.45, 7) is 2.54. The second-order valence-corrected chi connectivity index (χ2v) is 4.68. The van der Waals surface area contributed by atoms with Gasteiger partial charge >= 0.3 is 5.97 Å². The maximum Gasteiger partial charge on any atom is 0.338 e. The van der Waals surface area contributed by atoms with E-state index >= 15 is 0 Å². The Labute approximate surface area is 125 Å². The van der Waals surface area contributed by atoms with E-state index in [-0.39, 0.29) is 5.97 Å². The van der Waals surface area contributed by atoms with Crippen molar-refractivity contribution in [1.82, 2.24) is 0 Å². The monoisotopic (exact) mass is 278 g/mol. The topological polar surface area (TPSA) is 26.3 Å². The Morgan fingerprint density at radius 3 is 2.19 bits per heavy atom. The van der Waals surface area contributed by atoms with Crippen LogP contribution in [0.3, 0.4) is 0 Å². The molecule has 0 radical (unpaired) electrons. The second-order valence-electron chi connectivity index (χ2n) is 4.68. The van der Waals surface area contributed by atoms with Crippen LogP contribution in [0.4, 0.5) is 0 Å². The zero-order valence-corrected chi connectivity index (χ0v) is 12.1. The van der Waals surface area contributed by atoms with Crippen molar-refractivity contribution in [2.75, 3.05) is 6.61 Å². The van der Waals surface area contributed by atoms with Gasteiger partial charge in [0.2, 0.25) is 0 Å². The van der Waals surface area contributed by atoms with Crippen LogP contribution in [0.5, 0.6) is 0 Å². The minimum Gasteiger partial charge on any atom is -0.462 e. The number of hydrogen-bond donors (Lipinski definition) is 0. The highest BCUT2D eigenvalue weighted by Crippen LogP contribution is 2.06. The lowest BCUT2D eigenvalue weighted by atomic mass is 10.1. The number of hydrogen-bond acceptors (Lipinski definition) is 2. The van der Waals surface area contributed by atoms with Crippen molar-refractivity contribution in [3.63, 3.8) is 0 Å². The summed E-state index contributed by atoms with van der Waals surface area (Å²) in [6, 6.07) is 17.0. The van der Waals surface area contributed by atoms with E-state index in [1.165, 1.54) is 0 Å². The number of carbonyl (C=O) groups excluding carboxylic acids is 1. The normalized spacial score (nSPS) is 9.57. The maximum absolute atomic E-state index is 11.8. The number of rotatable bonds is 4. The summed E-state index contributed by atoms with van der Waals surface area (Å²) in [5.74, 6) is 5.89. The van der Waals surface area contributed by atoms with Gasteiger partial charge in [0.1, 0.15) is 0 Å². The molecule has 0 bridgehead atoms. The molecule has 21 heavy (non-hydrogen) atoms. The quantitative estimate of drug-likeness (QED) is 0.479.